The van der Waals surface area contributed by atoms with Crippen molar-refractivity contribution < 1.29 is 36.6 Å². The number of carbonyl (C=O) groups is 2. The van der Waals surface area contributed by atoms with Gasteiger partial charge in [-0.3, -0.25) is 4.79 Å². The van der Waals surface area contributed by atoms with E-state index in [1.165, 1.54) is 0 Å². The SMILES string of the molecule is CC(C)CC(C)CC(C)(C)C(=O)OCCCCCCCC(C)CCCCOC(=O)c1c(F)c(F)c(N=[N+]=[N-])c(F)c1F. The lowest BCUT2D eigenvalue weighted by Gasteiger charge is -2.26. The van der Waals surface area contributed by atoms with E-state index >= 15 is 0 Å². The minimum Gasteiger partial charge on any atom is -0.465 e. The molecule has 0 aliphatic heterocycles. The van der Waals surface area contributed by atoms with Crippen molar-refractivity contribution in [1.29, 1.82) is 0 Å². The quantitative estimate of drug-likeness (QED) is 0.0282. The molecule has 42 heavy (non-hydrogen) atoms. The van der Waals surface area contributed by atoms with Gasteiger partial charge in [0.2, 0.25) is 0 Å². The van der Waals surface area contributed by atoms with Crippen molar-refractivity contribution in [3.8, 4) is 0 Å². The van der Waals surface area contributed by atoms with Crippen LogP contribution in [0, 0.1) is 46.4 Å². The maximum atomic E-state index is 14.1. The molecule has 0 spiro atoms. The Bertz CT molecular complexity index is 1050. The molecule has 2 unspecified atom stereocenters. The van der Waals surface area contributed by atoms with E-state index in [-0.39, 0.29) is 12.6 Å². The smallest absolute Gasteiger partial charge is 0.344 e. The summed E-state index contributed by atoms with van der Waals surface area (Å²) in [6.45, 7) is 12.9. The van der Waals surface area contributed by atoms with Crippen LogP contribution in [-0.4, -0.2) is 25.2 Å². The van der Waals surface area contributed by atoms with Gasteiger partial charge in [-0.15, -0.1) is 0 Å². The monoisotopic (exact) mass is 601 g/mol. The van der Waals surface area contributed by atoms with Crippen molar-refractivity contribution in [2.24, 2.45) is 28.3 Å². The van der Waals surface area contributed by atoms with Gasteiger partial charge in [-0.1, -0.05) is 71.3 Å². The lowest BCUT2D eigenvalue weighted by atomic mass is 9.80. The van der Waals surface area contributed by atoms with Gasteiger partial charge in [-0.2, -0.15) is 0 Å². The van der Waals surface area contributed by atoms with Gasteiger partial charge in [0.05, 0.1) is 18.6 Å². The molecule has 0 N–H and O–H groups in total. The summed E-state index contributed by atoms with van der Waals surface area (Å²) < 4.78 is 66.1. The summed E-state index contributed by atoms with van der Waals surface area (Å²) in [5.41, 5.74) is 4.83. The number of hydrogen-bond acceptors (Lipinski definition) is 5. The zero-order valence-electron chi connectivity index (χ0n) is 25.9. The van der Waals surface area contributed by atoms with Crippen LogP contribution < -0.4 is 0 Å². The van der Waals surface area contributed by atoms with Crippen LogP contribution >= 0.6 is 0 Å². The maximum absolute atomic E-state index is 14.1. The molecule has 0 radical (unpaired) electrons. The lowest BCUT2D eigenvalue weighted by Crippen LogP contribution is -2.29. The van der Waals surface area contributed by atoms with Gasteiger partial charge in [0.1, 0.15) is 11.3 Å². The lowest BCUT2D eigenvalue weighted by molar-refractivity contribution is -0.155. The zero-order chi connectivity index (χ0) is 31.9. The molecule has 0 fully saturated rings. The van der Waals surface area contributed by atoms with Crippen molar-refractivity contribution in [1.82, 2.24) is 0 Å². The van der Waals surface area contributed by atoms with E-state index in [0.717, 1.165) is 57.8 Å². The maximum Gasteiger partial charge on any atom is 0.344 e. The summed E-state index contributed by atoms with van der Waals surface area (Å²) in [6, 6.07) is 0. The number of unbranched alkanes of at least 4 members (excludes halogenated alkanes) is 5. The number of halogens is 4. The number of carbonyl (C=O) groups excluding carboxylic acids is 2. The highest BCUT2D eigenvalue weighted by molar-refractivity contribution is 5.90. The highest BCUT2D eigenvalue weighted by atomic mass is 19.2. The summed E-state index contributed by atoms with van der Waals surface area (Å²) in [5, 5.41) is 2.58. The summed E-state index contributed by atoms with van der Waals surface area (Å²) >= 11 is 0. The largest absolute Gasteiger partial charge is 0.465 e. The molecule has 0 heterocycles. The fourth-order valence-electron chi connectivity index (χ4n) is 5.24. The first-order valence-electron chi connectivity index (χ1n) is 15.0. The Kier molecular flexibility index (Phi) is 16.5. The van der Waals surface area contributed by atoms with Crippen LogP contribution in [0.1, 0.15) is 123 Å². The van der Waals surface area contributed by atoms with Crippen LogP contribution in [-0.2, 0) is 14.3 Å². The standard InChI is InChI=1S/C31H47F4N3O4/c1-20(2)18-22(4)19-31(5,6)30(40)42-17-12-9-7-8-10-14-21(3)15-11-13-16-41-29(39)23-24(32)26(34)28(37-38-36)27(35)25(23)33/h20-22H,7-19H2,1-6H3. The van der Waals surface area contributed by atoms with E-state index in [1.54, 1.807) is 0 Å². The van der Waals surface area contributed by atoms with E-state index in [9.17, 15) is 27.2 Å². The molecule has 1 aromatic rings. The molecule has 238 valence electrons. The molecule has 0 aliphatic carbocycles. The second kappa shape index (κ2) is 18.7. The van der Waals surface area contributed by atoms with Crippen LogP contribution in [0.4, 0.5) is 23.2 Å². The fraction of sp³-hybridized carbons (Fsp3) is 0.742. The average molecular weight is 602 g/mol. The molecule has 2 atom stereocenters. The number of azide groups is 1. The molecule has 0 amide bonds. The Hall–Kier alpha value is -2.81. The Morgan fingerprint density at radius 3 is 1.86 bits per heavy atom. The minimum absolute atomic E-state index is 0.121. The summed E-state index contributed by atoms with van der Waals surface area (Å²) in [7, 11) is 0. The van der Waals surface area contributed by atoms with E-state index in [4.69, 9.17) is 15.0 Å². The number of esters is 2. The van der Waals surface area contributed by atoms with E-state index in [1.807, 2.05) is 13.8 Å². The molecular weight excluding hydrogens is 554 g/mol. The van der Waals surface area contributed by atoms with Crippen LogP contribution in [0.5, 0.6) is 0 Å². The van der Waals surface area contributed by atoms with Gasteiger partial charge in [0, 0.05) is 4.91 Å². The molecule has 0 aromatic heterocycles. The highest BCUT2D eigenvalue weighted by Crippen LogP contribution is 2.32. The van der Waals surface area contributed by atoms with E-state index in [0.29, 0.717) is 37.2 Å². The van der Waals surface area contributed by atoms with E-state index < -0.39 is 45.9 Å². The van der Waals surface area contributed by atoms with Crippen LogP contribution in [0.2, 0.25) is 0 Å². The third kappa shape index (κ3) is 12.6. The number of benzene rings is 1. The topological polar surface area (TPSA) is 101 Å². The van der Waals surface area contributed by atoms with Gasteiger partial charge >= 0.3 is 11.9 Å². The van der Waals surface area contributed by atoms with Crippen LogP contribution in [0.25, 0.3) is 10.4 Å². The van der Waals surface area contributed by atoms with Crippen molar-refractivity contribution >= 4 is 17.6 Å². The average Bonchev–Trinajstić information content (AvgIpc) is 2.90. The van der Waals surface area contributed by atoms with Crippen LogP contribution in [0.15, 0.2) is 5.11 Å². The number of hydrogen-bond donors (Lipinski definition) is 0. The van der Waals surface area contributed by atoms with Crippen molar-refractivity contribution in [2.75, 3.05) is 13.2 Å². The minimum atomic E-state index is -1.97. The number of rotatable bonds is 20. The molecule has 0 bridgehead atoms. The molecule has 0 aliphatic rings. The molecule has 11 heteroatoms. The fourth-order valence-corrected chi connectivity index (χ4v) is 5.24. The molecular formula is C31H47F4N3O4. The first-order chi connectivity index (χ1) is 19.7. The summed E-state index contributed by atoms with van der Waals surface area (Å²) in [4.78, 5) is 26.6. The number of nitrogens with zero attached hydrogens (tertiary/aromatic N) is 3. The van der Waals surface area contributed by atoms with Gasteiger partial charge < -0.3 is 9.47 Å². The predicted molar refractivity (Wildman–Crippen MR) is 154 cm³/mol. The molecule has 0 saturated heterocycles. The highest BCUT2D eigenvalue weighted by Gasteiger charge is 2.31. The van der Waals surface area contributed by atoms with Gasteiger partial charge in [0.25, 0.3) is 0 Å². The molecule has 1 aromatic carbocycles. The Morgan fingerprint density at radius 1 is 0.786 bits per heavy atom. The molecule has 7 nitrogen and oxygen atoms in total. The first kappa shape index (κ1) is 37.2. The number of ether oxygens (including phenoxy) is 2. The van der Waals surface area contributed by atoms with Crippen molar-refractivity contribution in [2.45, 2.75) is 112 Å². The Labute approximate surface area is 247 Å². The zero-order valence-corrected chi connectivity index (χ0v) is 25.9. The second-order valence-corrected chi connectivity index (χ2v) is 12.4. The van der Waals surface area contributed by atoms with E-state index in [2.05, 4.69) is 37.7 Å². The summed E-state index contributed by atoms with van der Waals surface area (Å²) in [5.74, 6) is -7.99. The van der Waals surface area contributed by atoms with Gasteiger partial charge in [-0.05, 0) is 69.2 Å². The molecule has 0 saturated carbocycles. The van der Waals surface area contributed by atoms with Gasteiger partial charge in [-0.25, -0.2) is 22.4 Å². The van der Waals surface area contributed by atoms with Crippen molar-refractivity contribution in [3.05, 3.63) is 39.3 Å². The second-order valence-electron chi connectivity index (χ2n) is 12.4. The Morgan fingerprint density at radius 2 is 1.29 bits per heavy atom. The third-order valence-electron chi connectivity index (χ3n) is 7.27. The third-order valence-corrected chi connectivity index (χ3v) is 7.27. The van der Waals surface area contributed by atoms with Gasteiger partial charge in [0.15, 0.2) is 23.3 Å². The predicted octanol–water partition coefficient (Wildman–Crippen LogP) is 10.1. The van der Waals surface area contributed by atoms with Crippen molar-refractivity contribution in [3.63, 3.8) is 0 Å². The van der Waals surface area contributed by atoms with Crippen LogP contribution in [0.3, 0.4) is 0 Å². The first-order valence-corrected chi connectivity index (χ1v) is 15.0. The Balaban J connectivity index is 2.19. The normalized spacial score (nSPS) is 13.0. The molecule has 1 rings (SSSR count). The summed E-state index contributed by atoms with van der Waals surface area (Å²) in [6.07, 6.45) is 10.0.